The van der Waals surface area contributed by atoms with Gasteiger partial charge in [-0.05, 0) is 26.3 Å². The van der Waals surface area contributed by atoms with E-state index in [9.17, 15) is 0 Å². The summed E-state index contributed by atoms with van der Waals surface area (Å²) in [5.74, 6) is 0. The van der Waals surface area contributed by atoms with Gasteiger partial charge < -0.3 is 5.73 Å². The van der Waals surface area contributed by atoms with Crippen LogP contribution in [0.2, 0.25) is 0 Å². The van der Waals surface area contributed by atoms with E-state index in [4.69, 9.17) is 0 Å². The lowest BCUT2D eigenvalue weighted by Gasteiger charge is -1.65. The van der Waals surface area contributed by atoms with Crippen LogP contribution in [0.15, 0.2) is 24.1 Å². The van der Waals surface area contributed by atoms with Crippen LogP contribution in [0.1, 0.15) is 13.8 Å². The van der Waals surface area contributed by atoms with E-state index in [1.807, 2.05) is 13.8 Å². The molecule has 0 saturated carbocycles. The van der Waals surface area contributed by atoms with Gasteiger partial charge in [0.2, 0.25) is 0 Å². The minimum absolute atomic E-state index is 1.17. The van der Waals surface area contributed by atoms with Crippen LogP contribution >= 0.6 is 12.6 Å². The summed E-state index contributed by atoms with van der Waals surface area (Å²) >= 11 is 3.55. The molecule has 0 unspecified atom stereocenters. The molecular formula is C7H17NS. The van der Waals surface area contributed by atoms with Crippen molar-refractivity contribution in [3.8, 4) is 0 Å². The lowest BCUT2D eigenvalue weighted by atomic mass is 10.4. The first-order chi connectivity index (χ1) is 4.15. The van der Waals surface area contributed by atoms with Crippen molar-refractivity contribution in [2.45, 2.75) is 13.8 Å². The Bertz CT molecular complexity index is 55.9. The smallest absolute Gasteiger partial charge is 0.0195 e. The van der Waals surface area contributed by atoms with Crippen molar-refractivity contribution in [1.82, 2.24) is 0 Å². The fourth-order valence-electron chi connectivity index (χ4n) is 0. The predicted molar refractivity (Wildman–Crippen MR) is 49.8 cm³/mol. The molecule has 2 N–H and O–H groups in total. The Hall–Kier alpha value is -0.210. The minimum Gasteiger partial charge on any atom is -0.333 e. The summed E-state index contributed by atoms with van der Waals surface area (Å²) in [5.41, 5.74) is 5.67. The van der Waals surface area contributed by atoms with Gasteiger partial charge >= 0.3 is 0 Å². The largest absolute Gasteiger partial charge is 0.333 e. The van der Waals surface area contributed by atoms with E-state index in [2.05, 4.69) is 31.5 Å². The number of rotatable bonds is 0. The molecule has 9 heavy (non-hydrogen) atoms. The molecule has 56 valence electrons. The lowest BCUT2D eigenvalue weighted by molar-refractivity contribution is 1.42. The fraction of sp³-hybridized carbons (Fsp3) is 0.429. The highest BCUT2D eigenvalue weighted by atomic mass is 32.1. The Labute approximate surface area is 64.1 Å². The van der Waals surface area contributed by atoms with E-state index in [1.165, 1.54) is 18.0 Å². The van der Waals surface area contributed by atoms with Gasteiger partial charge in [-0.3, -0.25) is 0 Å². The third kappa shape index (κ3) is 5920. The molecule has 0 aromatic carbocycles. The number of nitrogens with two attached hydrogens (primary N) is 1. The van der Waals surface area contributed by atoms with Gasteiger partial charge in [0.05, 0.1) is 0 Å². The molecule has 0 aliphatic carbocycles. The van der Waals surface area contributed by atoms with Gasteiger partial charge in [-0.2, -0.15) is 12.6 Å². The molecule has 0 fully saturated rings. The molecule has 0 atom stereocenters. The Morgan fingerprint density at radius 3 is 1.44 bits per heavy atom. The first kappa shape index (κ1) is 15.9. The predicted octanol–water partition coefficient (Wildman–Crippen LogP) is 2.22. The second-order valence-electron chi connectivity index (χ2n) is 1.39. The van der Waals surface area contributed by atoms with E-state index in [-0.39, 0.29) is 0 Å². The van der Waals surface area contributed by atoms with Gasteiger partial charge in [-0.15, -0.1) is 6.58 Å². The third-order valence-electron chi connectivity index (χ3n) is 0. The molecule has 0 amide bonds. The minimum atomic E-state index is 1.17. The van der Waals surface area contributed by atoms with Crippen molar-refractivity contribution >= 4 is 12.6 Å². The topological polar surface area (TPSA) is 26.0 Å². The van der Waals surface area contributed by atoms with Gasteiger partial charge in [0.1, 0.15) is 0 Å². The van der Waals surface area contributed by atoms with E-state index in [1.54, 1.807) is 0 Å². The molecule has 0 spiro atoms. The molecule has 2 heteroatoms. The molecule has 1 nitrogen and oxygen atoms in total. The van der Waals surface area contributed by atoms with Gasteiger partial charge in [0.15, 0.2) is 0 Å². The highest BCUT2D eigenvalue weighted by Crippen LogP contribution is 1.73. The maximum atomic E-state index is 4.50. The fourth-order valence-corrected chi connectivity index (χ4v) is 0. The normalized spacial score (nSPS) is 5.00. The summed E-state index contributed by atoms with van der Waals surface area (Å²) in [5, 5.41) is 1.44. The Morgan fingerprint density at radius 2 is 1.44 bits per heavy atom. The van der Waals surface area contributed by atoms with Crippen LogP contribution in [-0.4, -0.2) is 7.05 Å². The summed E-state index contributed by atoms with van der Waals surface area (Å²) in [6, 6.07) is 0. The Balaban J connectivity index is -0.0000000646. The van der Waals surface area contributed by atoms with Crippen LogP contribution in [0.25, 0.3) is 0 Å². The molecule has 0 aliphatic rings. The zero-order chi connectivity index (χ0) is 8.28. The molecule has 0 rings (SSSR count). The summed E-state index contributed by atoms with van der Waals surface area (Å²) in [6.45, 7) is 10.7. The third-order valence-corrected chi connectivity index (χ3v) is 0. The number of hydrogen-bond donors (Lipinski definition) is 2. The lowest BCUT2D eigenvalue weighted by Crippen LogP contribution is -1.69. The monoisotopic (exact) mass is 147 g/mol. The van der Waals surface area contributed by atoms with Crippen molar-refractivity contribution in [2.24, 2.45) is 5.73 Å². The average molecular weight is 147 g/mol. The van der Waals surface area contributed by atoms with E-state index >= 15 is 0 Å². The van der Waals surface area contributed by atoms with E-state index < -0.39 is 0 Å². The summed E-state index contributed by atoms with van der Waals surface area (Å²) in [7, 11) is 1.50. The molecule has 0 radical (unpaired) electrons. The van der Waals surface area contributed by atoms with E-state index in [0.717, 1.165) is 0 Å². The van der Waals surface area contributed by atoms with Gasteiger partial charge in [0.25, 0.3) is 0 Å². The van der Waals surface area contributed by atoms with Crippen LogP contribution in [0.3, 0.4) is 0 Å². The van der Waals surface area contributed by atoms with Crippen LogP contribution < -0.4 is 5.73 Å². The van der Waals surface area contributed by atoms with Crippen molar-refractivity contribution in [1.29, 1.82) is 0 Å². The van der Waals surface area contributed by atoms with Crippen LogP contribution in [0.4, 0.5) is 0 Å². The van der Waals surface area contributed by atoms with Crippen LogP contribution in [0.5, 0.6) is 0 Å². The van der Waals surface area contributed by atoms with Crippen molar-refractivity contribution in [3.05, 3.63) is 24.1 Å². The first-order valence-corrected chi connectivity index (χ1v) is 3.11. The zero-order valence-corrected chi connectivity index (χ0v) is 7.41. The number of hydrogen-bond acceptors (Lipinski definition) is 2. The van der Waals surface area contributed by atoms with Gasteiger partial charge in [0, 0.05) is 0 Å². The summed E-state index contributed by atoms with van der Waals surface area (Å²) in [4.78, 5) is 0. The maximum Gasteiger partial charge on any atom is -0.0195 e. The van der Waals surface area contributed by atoms with Crippen molar-refractivity contribution in [2.75, 3.05) is 7.05 Å². The van der Waals surface area contributed by atoms with Crippen molar-refractivity contribution in [3.63, 3.8) is 0 Å². The summed E-state index contributed by atoms with van der Waals surface area (Å²) in [6.07, 6.45) is 0. The highest BCUT2D eigenvalue weighted by molar-refractivity contribution is 7.83. The van der Waals surface area contributed by atoms with Crippen LogP contribution in [-0.2, 0) is 0 Å². The van der Waals surface area contributed by atoms with Crippen LogP contribution in [0, 0.1) is 0 Å². The second-order valence-corrected chi connectivity index (χ2v) is 1.75. The van der Waals surface area contributed by atoms with Gasteiger partial charge in [-0.25, -0.2) is 0 Å². The van der Waals surface area contributed by atoms with Crippen molar-refractivity contribution < 1.29 is 0 Å². The second kappa shape index (κ2) is 25.0. The standard InChI is InChI=1S/C4H8.C2H4S.CH5N/c1-4(2)3;1-2-3;1-2/h1H2,2-3H3;2-3H,1H2;2H2,1H3. The molecule has 0 bridgehead atoms. The quantitative estimate of drug-likeness (QED) is 0.399. The van der Waals surface area contributed by atoms with Gasteiger partial charge in [-0.1, -0.05) is 12.2 Å². The SMILES string of the molecule is C=C(C)C.C=CS.CN. The molecule has 0 heterocycles. The highest BCUT2D eigenvalue weighted by Gasteiger charge is 1.51. The average Bonchev–Trinajstić information content (AvgIpc) is 1.71. The molecule has 0 saturated heterocycles. The maximum absolute atomic E-state index is 4.50. The summed E-state index contributed by atoms with van der Waals surface area (Å²) < 4.78 is 0. The Kier molecular flexibility index (Phi) is 44.2. The number of allylic oxidation sites excluding steroid dienone is 1. The Morgan fingerprint density at radius 1 is 1.44 bits per heavy atom. The molecule has 0 aliphatic heterocycles. The first-order valence-electron chi connectivity index (χ1n) is 2.60. The number of thiol groups is 1. The zero-order valence-electron chi connectivity index (χ0n) is 6.52. The molecule has 0 aromatic heterocycles. The molecular weight excluding hydrogens is 130 g/mol. The molecule has 0 aromatic rings. The van der Waals surface area contributed by atoms with E-state index in [0.29, 0.717) is 0 Å².